The van der Waals surface area contributed by atoms with Crippen molar-refractivity contribution < 1.29 is 9.84 Å². The van der Waals surface area contributed by atoms with E-state index in [2.05, 4.69) is 6.08 Å². The number of ether oxygens (including phenoxy) is 1. The van der Waals surface area contributed by atoms with Crippen LogP contribution in [0, 0.1) is 0 Å². The highest BCUT2D eigenvalue weighted by atomic mass is 35.5. The van der Waals surface area contributed by atoms with Gasteiger partial charge in [-0.05, 0) is 62.1 Å². The summed E-state index contributed by atoms with van der Waals surface area (Å²) in [6.07, 6.45) is 9.55. The lowest BCUT2D eigenvalue weighted by molar-refractivity contribution is 0.0842. The van der Waals surface area contributed by atoms with Crippen molar-refractivity contribution in [1.29, 1.82) is 0 Å². The van der Waals surface area contributed by atoms with E-state index in [0.717, 1.165) is 60.8 Å². The third-order valence-corrected chi connectivity index (χ3v) is 5.07. The summed E-state index contributed by atoms with van der Waals surface area (Å²) < 4.78 is 7.49. The Labute approximate surface area is 151 Å². The minimum Gasteiger partial charge on any atom is -0.508 e. The average Bonchev–Trinajstić information content (AvgIpc) is 2.96. The van der Waals surface area contributed by atoms with E-state index in [1.165, 1.54) is 0 Å². The second-order valence-electron chi connectivity index (χ2n) is 6.51. The molecule has 5 heteroatoms. The van der Waals surface area contributed by atoms with E-state index >= 15 is 0 Å². The van der Waals surface area contributed by atoms with Gasteiger partial charge in [-0.1, -0.05) is 17.7 Å². The van der Waals surface area contributed by atoms with Gasteiger partial charge < -0.3 is 9.84 Å². The largest absolute Gasteiger partial charge is 0.508 e. The molecule has 1 fully saturated rings. The first-order valence-electron chi connectivity index (χ1n) is 8.76. The number of aromatic nitrogens is 2. The van der Waals surface area contributed by atoms with Gasteiger partial charge >= 0.3 is 0 Å². The van der Waals surface area contributed by atoms with Gasteiger partial charge in [0.1, 0.15) is 5.76 Å². The highest BCUT2D eigenvalue weighted by Crippen LogP contribution is 2.23. The molecule has 0 radical (unpaired) electrons. The van der Waals surface area contributed by atoms with Crippen LogP contribution in [0.3, 0.4) is 0 Å². The molecule has 1 saturated heterocycles. The molecular weight excluding hydrogens is 336 g/mol. The fourth-order valence-corrected chi connectivity index (χ4v) is 3.64. The first kappa shape index (κ1) is 16.4. The van der Waals surface area contributed by atoms with Crippen molar-refractivity contribution in [3.05, 3.63) is 57.4 Å². The van der Waals surface area contributed by atoms with Crippen LogP contribution in [0.1, 0.15) is 37.3 Å². The Kier molecular flexibility index (Phi) is 4.64. The molecule has 0 bridgehead atoms. The zero-order chi connectivity index (χ0) is 17.2. The molecule has 0 spiro atoms. The van der Waals surface area contributed by atoms with E-state index in [1.807, 2.05) is 41.1 Å². The van der Waals surface area contributed by atoms with Gasteiger partial charge in [0.05, 0.1) is 16.7 Å². The molecule has 1 aliphatic heterocycles. The molecule has 25 heavy (non-hydrogen) atoms. The van der Waals surface area contributed by atoms with Gasteiger partial charge in [-0.3, -0.25) is 0 Å². The lowest BCUT2D eigenvalue weighted by Gasteiger charge is -2.20. The number of hydrogen-bond donors (Lipinski definition) is 1. The first-order chi connectivity index (χ1) is 12.2. The zero-order valence-corrected chi connectivity index (χ0v) is 14.7. The predicted molar refractivity (Wildman–Crippen MR) is 99.5 cm³/mol. The lowest BCUT2D eigenvalue weighted by Crippen LogP contribution is -2.32. The zero-order valence-electron chi connectivity index (χ0n) is 14.0. The number of nitrogens with zero attached hydrogens (tertiary/aromatic N) is 2. The quantitative estimate of drug-likeness (QED) is 0.898. The molecule has 0 atom stereocenters. The number of aliphatic hydroxyl groups is 1. The number of aliphatic hydroxyl groups excluding tert-OH is 1. The van der Waals surface area contributed by atoms with Crippen molar-refractivity contribution in [3.8, 4) is 5.69 Å². The number of fused-ring (bicyclic) bond motifs is 1. The third-order valence-electron chi connectivity index (χ3n) is 4.82. The van der Waals surface area contributed by atoms with Gasteiger partial charge in [0.15, 0.2) is 0 Å². The Balaban J connectivity index is 1.94. The van der Waals surface area contributed by atoms with Crippen LogP contribution < -0.4 is 10.6 Å². The van der Waals surface area contributed by atoms with Crippen molar-refractivity contribution in [2.75, 3.05) is 13.2 Å². The first-order valence-corrected chi connectivity index (χ1v) is 9.14. The van der Waals surface area contributed by atoms with E-state index in [0.29, 0.717) is 16.7 Å². The molecular formula is C20H21ClN2O2. The third kappa shape index (κ3) is 3.37. The molecule has 2 heterocycles. The number of benzene rings is 1. The molecule has 1 aromatic heterocycles. The van der Waals surface area contributed by atoms with Crippen LogP contribution in [0.4, 0.5) is 0 Å². The highest BCUT2D eigenvalue weighted by molar-refractivity contribution is 6.30. The number of hydrogen-bond acceptors (Lipinski definition) is 3. The van der Waals surface area contributed by atoms with Crippen molar-refractivity contribution in [2.45, 2.75) is 31.6 Å². The number of allylic oxidation sites excluding steroid dienone is 2. The summed E-state index contributed by atoms with van der Waals surface area (Å²) in [6, 6.07) is 7.71. The van der Waals surface area contributed by atoms with Gasteiger partial charge in [-0.2, -0.15) is 5.10 Å². The van der Waals surface area contributed by atoms with Crippen LogP contribution in [0.5, 0.6) is 0 Å². The van der Waals surface area contributed by atoms with Gasteiger partial charge in [-0.15, -0.1) is 0 Å². The van der Waals surface area contributed by atoms with Crippen molar-refractivity contribution in [2.24, 2.45) is 0 Å². The van der Waals surface area contributed by atoms with Crippen molar-refractivity contribution in [1.82, 2.24) is 9.78 Å². The summed E-state index contributed by atoms with van der Waals surface area (Å²) in [6.45, 7) is 1.53. The average molecular weight is 357 g/mol. The lowest BCUT2D eigenvalue weighted by atomic mass is 9.95. The van der Waals surface area contributed by atoms with Gasteiger partial charge in [0.2, 0.25) is 0 Å². The normalized spacial score (nSPS) is 23.2. The molecule has 0 unspecified atom stereocenters. The molecule has 4 nitrogen and oxygen atoms in total. The minimum absolute atomic E-state index is 0.318. The van der Waals surface area contributed by atoms with Crippen molar-refractivity contribution in [3.63, 3.8) is 0 Å². The van der Waals surface area contributed by atoms with Crippen molar-refractivity contribution >= 4 is 23.8 Å². The Bertz CT molecular complexity index is 906. The molecule has 2 aliphatic rings. The van der Waals surface area contributed by atoms with Crippen LogP contribution >= 0.6 is 11.6 Å². The second kappa shape index (κ2) is 7.06. The second-order valence-corrected chi connectivity index (χ2v) is 6.95. The van der Waals surface area contributed by atoms with E-state index in [1.54, 1.807) is 0 Å². The molecule has 0 amide bonds. The van der Waals surface area contributed by atoms with E-state index in [-0.39, 0.29) is 0 Å². The summed E-state index contributed by atoms with van der Waals surface area (Å²) in [4.78, 5) is 0. The standard InChI is InChI=1S/C20H21ClN2O2/c21-15-5-7-16(8-6-15)23-19-4-2-1-3-17(24)13-18(19)20(22-23)14-9-11-25-12-10-14/h3-8,13-14,24H,1-2,9-12H2/b17-3+,18-13+,19-4-. The fraction of sp³-hybridized carbons (Fsp3) is 0.350. The van der Waals surface area contributed by atoms with Crippen LogP contribution in [0.2, 0.25) is 5.02 Å². The molecule has 4 rings (SSSR count). The number of halogens is 1. The maximum absolute atomic E-state index is 10.2. The maximum atomic E-state index is 10.2. The maximum Gasteiger partial charge on any atom is 0.112 e. The molecule has 0 saturated carbocycles. The summed E-state index contributed by atoms with van der Waals surface area (Å²) in [5, 5.41) is 17.9. The van der Waals surface area contributed by atoms with Crippen LogP contribution in [0.25, 0.3) is 17.8 Å². The summed E-state index contributed by atoms with van der Waals surface area (Å²) in [5.41, 5.74) is 2.03. The highest BCUT2D eigenvalue weighted by Gasteiger charge is 2.22. The molecule has 2 aromatic rings. The van der Waals surface area contributed by atoms with Crippen LogP contribution in [0.15, 0.2) is 36.1 Å². The Hall–Kier alpha value is -2.04. The summed E-state index contributed by atoms with van der Waals surface area (Å²) >= 11 is 6.04. The topological polar surface area (TPSA) is 47.3 Å². The van der Waals surface area contributed by atoms with Crippen LogP contribution in [-0.4, -0.2) is 28.1 Å². The summed E-state index contributed by atoms with van der Waals surface area (Å²) in [5.74, 6) is 0.672. The smallest absolute Gasteiger partial charge is 0.112 e. The Morgan fingerprint density at radius 1 is 1.08 bits per heavy atom. The number of rotatable bonds is 2. The Morgan fingerprint density at radius 2 is 1.80 bits per heavy atom. The van der Waals surface area contributed by atoms with Crippen LogP contribution in [-0.2, 0) is 4.74 Å². The van der Waals surface area contributed by atoms with Gasteiger partial charge in [0.25, 0.3) is 0 Å². The minimum atomic E-state index is 0.318. The monoisotopic (exact) mass is 356 g/mol. The van der Waals surface area contributed by atoms with E-state index < -0.39 is 0 Å². The fourth-order valence-electron chi connectivity index (χ4n) is 3.51. The Morgan fingerprint density at radius 3 is 2.56 bits per heavy atom. The molecule has 1 aromatic carbocycles. The molecule has 130 valence electrons. The molecule has 1 aliphatic carbocycles. The predicted octanol–water partition coefficient (Wildman–Crippen LogP) is 3.22. The molecule has 1 N–H and O–H groups in total. The van der Waals surface area contributed by atoms with Gasteiger partial charge in [-0.25, -0.2) is 4.68 Å². The van der Waals surface area contributed by atoms with Gasteiger partial charge in [0, 0.05) is 29.4 Å². The SMILES string of the molecule is OC1=C/CC/C=c2/c(c(C3CCOCC3)nn2-c2ccc(Cl)cc2)=C\1. The van der Waals surface area contributed by atoms with E-state index in [9.17, 15) is 5.11 Å². The van der Waals surface area contributed by atoms with E-state index in [4.69, 9.17) is 21.4 Å². The summed E-state index contributed by atoms with van der Waals surface area (Å²) in [7, 11) is 0.